The summed E-state index contributed by atoms with van der Waals surface area (Å²) in [5, 5.41) is 9.10. The molecule has 24 heavy (non-hydrogen) atoms. The first kappa shape index (κ1) is 17.3. The number of hydrogen-bond acceptors (Lipinski definition) is 3. The minimum Gasteiger partial charge on any atom is -0.494 e. The number of halogens is 1. The van der Waals surface area contributed by atoms with Crippen LogP contribution in [0.5, 0.6) is 5.75 Å². The first-order valence-electron chi connectivity index (χ1n) is 8.39. The van der Waals surface area contributed by atoms with Crippen molar-refractivity contribution >= 4 is 27.8 Å². The largest absolute Gasteiger partial charge is 0.494 e. The van der Waals surface area contributed by atoms with Crippen LogP contribution in [0.15, 0.2) is 28.7 Å². The number of hydrogen-bond donors (Lipinski definition) is 1. The Labute approximate surface area is 150 Å². The third-order valence-electron chi connectivity index (χ3n) is 5.20. The smallest absolute Gasteiger partial charge is 0.307 e. The summed E-state index contributed by atoms with van der Waals surface area (Å²) in [6, 6.07) is 7.65. The molecule has 1 aromatic carbocycles. The molecule has 1 aliphatic carbocycles. The topological polar surface area (TPSA) is 66.8 Å². The lowest BCUT2D eigenvalue weighted by Crippen LogP contribution is -2.40. The lowest BCUT2D eigenvalue weighted by Gasteiger charge is -2.32. The molecule has 5 nitrogen and oxygen atoms in total. The van der Waals surface area contributed by atoms with Crippen molar-refractivity contribution in [3.63, 3.8) is 0 Å². The van der Waals surface area contributed by atoms with E-state index in [2.05, 4.69) is 15.9 Å². The number of likely N-dealkylation sites (tertiary alicyclic amines) is 1. The van der Waals surface area contributed by atoms with E-state index in [0.717, 1.165) is 29.5 Å². The highest BCUT2D eigenvalue weighted by molar-refractivity contribution is 9.10. The molecule has 130 valence electrons. The van der Waals surface area contributed by atoms with Crippen LogP contribution in [0.25, 0.3) is 0 Å². The maximum atomic E-state index is 12.3. The number of carboxylic acids is 1. The highest BCUT2D eigenvalue weighted by Gasteiger charge is 2.59. The quantitative estimate of drug-likeness (QED) is 0.750. The van der Waals surface area contributed by atoms with Gasteiger partial charge in [-0.05, 0) is 49.3 Å². The molecule has 1 heterocycles. The predicted octanol–water partition coefficient (Wildman–Crippen LogP) is 3.32. The molecule has 1 aliphatic heterocycles. The first-order chi connectivity index (χ1) is 11.5. The normalized spacial score (nSPS) is 21.5. The Hall–Kier alpha value is -1.56. The van der Waals surface area contributed by atoms with Gasteiger partial charge in [0.1, 0.15) is 5.75 Å². The van der Waals surface area contributed by atoms with Crippen LogP contribution in [0.1, 0.15) is 32.1 Å². The van der Waals surface area contributed by atoms with Crippen molar-refractivity contribution in [1.82, 2.24) is 4.90 Å². The molecule has 1 atom stereocenters. The highest BCUT2D eigenvalue weighted by atomic mass is 79.9. The van der Waals surface area contributed by atoms with Gasteiger partial charge >= 0.3 is 5.97 Å². The molecule has 3 rings (SSSR count). The molecule has 1 saturated carbocycles. The fourth-order valence-corrected chi connectivity index (χ4v) is 3.96. The van der Waals surface area contributed by atoms with Crippen LogP contribution >= 0.6 is 15.9 Å². The number of piperidine rings is 1. The zero-order valence-corrected chi connectivity index (χ0v) is 15.1. The van der Waals surface area contributed by atoms with Crippen LogP contribution in [0.3, 0.4) is 0 Å². The summed E-state index contributed by atoms with van der Waals surface area (Å²) < 4.78 is 6.61. The Morgan fingerprint density at radius 3 is 2.71 bits per heavy atom. The summed E-state index contributed by atoms with van der Waals surface area (Å²) in [5.74, 6) is 0.0771. The van der Waals surface area contributed by atoms with Crippen LogP contribution in [-0.4, -0.2) is 41.6 Å². The second-order valence-corrected chi connectivity index (χ2v) is 7.66. The van der Waals surface area contributed by atoms with Crippen LogP contribution in [0, 0.1) is 11.3 Å². The van der Waals surface area contributed by atoms with E-state index in [-0.39, 0.29) is 17.2 Å². The van der Waals surface area contributed by atoms with Crippen LogP contribution in [0.2, 0.25) is 0 Å². The zero-order valence-electron chi connectivity index (χ0n) is 13.5. The van der Waals surface area contributed by atoms with Crippen molar-refractivity contribution in [2.45, 2.75) is 32.1 Å². The standard InChI is InChI=1S/C18H22BrNO4/c19-13-3-1-4-14(11-13)24-10-2-5-16(21)20-8-6-18(7-9-20)12-15(18)17(22)23/h1,3-4,11,15H,2,5-10,12H2,(H,22,23). The number of carbonyl (C=O) groups excluding carboxylic acids is 1. The Balaban J connectivity index is 1.35. The van der Waals surface area contributed by atoms with Crippen LogP contribution in [-0.2, 0) is 9.59 Å². The predicted molar refractivity (Wildman–Crippen MR) is 92.9 cm³/mol. The lowest BCUT2D eigenvalue weighted by molar-refractivity contribution is -0.139. The van der Waals surface area contributed by atoms with Gasteiger partial charge in [-0.2, -0.15) is 0 Å². The summed E-state index contributed by atoms with van der Waals surface area (Å²) in [7, 11) is 0. The molecule has 1 aromatic rings. The Bertz CT molecular complexity index is 625. The molecule has 2 aliphatic rings. The van der Waals surface area contributed by atoms with Crippen molar-refractivity contribution in [2.75, 3.05) is 19.7 Å². The molecule has 2 fully saturated rings. The lowest BCUT2D eigenvalue weighted by atomic mass is 9.90. The maximum Gasteiger partial charge on any atom is 0.307 e. The first-order valence-corrected chi connectivity index (χ1v) is 9.18. The summed E-state index contributed by atoms with van der Waals surface area (Å²) >= 11 is 3.40. The molecule has 6 heteroatoms. The number of carbonyl (C=O) groups is 2. The zero-order chi connectivity index (χ0) is 17.2. The van der Waals surface area contributed by atoms with Gasteiger partial charge in [-0.15, -0.1) is 0 Å². The van der Waals surface area contributed by atoms with Gasteiger partial charge in [-0.3, -0.25) is 9.59 Å². The van der Waals surface area contributed by atoms with Gasteiger partial charge in [0.15, 0.2) is 0 Å². The maximum absolute atomic E-state index is 12.3. The third-order valence-corrected chi connectivity index (χ3v) is 5.69. The average Bonchev–Trinajstić information content (AvgIpc) is 3.26. The van der Waals surface area contributed by atoms with Crippen molar-refractivity contribution in [2.24, 2.45) is 11.3 Å². The van der Waals surface area contributed by atoms with E-state index in [1.165, 1.54) is 0 Å². The summed E-state index contributed by atoms with van der Waals surface area (Å²) in [4.78, 5) is 25.2. The monoisotopic (exact) mass is 395 g/mol. The highest BCUT2D eigenvalue weighted by Crippen LogP contribution is 2.59. The molecular weight excluding hydrogens is 374 g/mol. The Kier molecular flexibility index (Phi) is 5.13. The second-order valence-electron chi connectivity index (χ2n) is 6.75. The molecule has 1 unspecified atom stereocenters. The second kappa shape index (κ2) is 7.13. The van der Waals surface area contributed by atoms with Gasteiger partial charge in [-0.25, -0.2) is 0 Å². The minimum absolute atomic E-state index is 0.0214. The number of aliphatic carboxylic acids is 1. The van der Waals surface area contributed by atoms with Crippen molar-refractivity contribution in [1.29, 1.82) is 0 Å². The summed E-state index contributed by atoms with van der Waals surface area (Å²) in [6.45, 7) is 1.89. The number of carboxylic acid groups (broad SMARTS) is 1. The molecule has 1 amide bonds. The van der Waals surface area contributed by atoms with Gasteiger partial charge in [0, 0.05) is 24.0 Å². The third kappa shape index (κ3) is 3.91. The molecule has 0 bridgehead atoms. The van der Waals surface area contributed by atoms with Crippen molar-refractivity contribution in [3.05, 3.63) is 28.7 Å². The van der Waals surface area contributed by atoms with Crippen molar-refractivity contribution in [3.8, 4) is 5.75 Å². The molecule has 1 spiro atoms. The molecule has 1 saturated heterocycles. The molecule has 1 N–H and O–H groups in total. The number of rotatable bonds is 6. The average molecular weight is 396 g/mol. The van der Waals surface area contributed by atoms with E-state index in [0.29, 0.717) is 32.5 Å². The Morgan fingerprint density at radius 2 is 2.08 bits per heavy atom. The number of ether oxygens (including phenoxy) is 1. The van der Waals surface area contributed by atoms with Gasteiger partial charge in [0.2, 0.25) is 5.91 Å². The van der Waals surface area contributed by atoms with E-state index in [1.807, 2.05) is 29.2 Å². The fourth-order valence-electron chi connectivity index (χ4n) is 3.58. The molecule has 0 radical (unpaired) electrons. The van der Waals surface area contributed by atoms with Crippen LogP contribution < -0.4 is 4.74 Å². The molecule has 0 aromatic heterocycles. The SMILES string of the molecule is O=C(O)C1CC12CCN(C(=O)CCCOc1cccc(Br)c1)CC2. The number of nitrogens with zero attached hydrogens (tertiary/aromatic N) is 1. The van der Waals surface area contributed by atoms with E-state index >= 15 is 0 Å². The number of amides is 1. The van der Waals surface area contributed by atoms with Crippen LogP contribution in [0.4, 0.5) is 0 Å². The summed E-state index contributed by atoms with van der Waals surface area (Å²) in [6.07, 6.45) is 3.59. The van der Waals surface area contributed by atoms with Gasteiger partial charge in [0.05, 0.1) is 12.5 Å². The molecular formula is C18H22BrNO4. The van der Waals surface area contributed by atoms with Gasteiger partial charge in [-0.1, -0.05) is 22.0 Å². The summed E-state index contributed by atoms with van der Waals surface area (Å²) in [5.41, 5.74) is -0.0214. The van der Waals surface area contributed by atoms with Gasteiger partial charge < -0.3 is 14.7 Å². The fraction of sp³-hybridized carbons (Fsp3) is 0.556. The van der Waals surface area contributed by atoms with E-state index in [4.69, 9.17) is 9.84 Å². The van der Waals surface area contributed by atoms with Crippen molar-refractivity contribution < 1.29 is 19.4 Å². The minimum atomic E-state index is -0.681. The number of benzene rings is 1. The van der Waals surface area contributed by atoms with Gasteiger partial charge in [0.25, 0.3) is 0 Å². The van der Waals surface area contributed by atoms with E-state index in [1.54, 1.807) is 0 Å². The Morgan fingerprint density at radius 1 is 1.33 bits per heavy atom. The van der Waals surface area contributed by atoms with E-state index < -0.39 is 5.97 Å². The van der Waals surface area contributed by atoms with E-state index in [9.17, 15) is 9.59 Å².